The molecule has 136 valence electrons. The lowest BCUT2D eigenvalue weighted by Gasteiger charge is -2.16. The molecule has 2 heterocycles. The van der Waals surface area contributed by atoms with Crippen LogP contribution in [0.15, 0.2) is 36.7 Å². The molecule has 0 spiro atoms. The van der Waals surface area contributed by atoms with Gasteiger partial charge in [-0.15, -0.1) is 10.2 Å². The largest absolute Gasteiger partial charge is 0.416 e. The number of pyridine rings is 1. The number of fused-ring (bicyclic) bond motifs is 1. The molecule has 2 N–H and O–H groups in total. The van der Waals surface area contributed by atoms with E-state index >= 15 is 0 Å². The summed E-state index contributed by atoms with van der Waals surface area (Å²) in [6.45, 7) is 0. The van der Waals surface area contributed by atoms with Crippen molar-refractivity contribution in [1.29, 1.82) is 0 Å². The monoisotopic (exact) mass is 372 g/mol. The van der Waals surface area contributed by atoms with Crippen LogP contribution in [0.4, 0.5) is 32.2 Å². The van der Waals surface area contributed by atoms with Gasteiger partial charge in [0.15, 0.2) is 5.82 Å². The summed E-state index contributed by atoms with van der Waals surface area (Å²) in [6, 6.07) is 3.61. The Morgan fingerprint density at radius 1 is 0.923 bits per heavy atom. The average Bonchev–Trinajstić information content (AvgIpc) is 2.54. The van der Waals surface area contributed by atoms with Crippen LogP contribution in [0.5, 0.6) is 0 Å². The topological polar surface area (TPSA) is 64.7 Å². The highest BCUT2D eigenvalue weighted by molar-refractivity contribution is 5.99. The van der Waals surface area contributed by atoms with Crippen molar-refractivity contribution < 1.29 is 26.3 Å². The molecule has 0 unspecified atom stereocenters. The number of nitrogens with two attached hydrogens (primary N) is 1. The molecule has 0 amide bonds. The lowest BCUT2D eigenvalue weighted by Crippen LogP contribution is -2.14. The number of alkyl halides is 6. The van der Waals surface area contributed by atoms with Crippen LogP contribution in [-0.2, 0) is 12.6 Å². The second kappa shape index (κ2) is 6.11. The predicted octanol–water partition coefficient (Wildman–Crippen LogP) is 4.40. The molecule has 4 nitrogen and oxygen atoms in total. The molecule has 0 aliphatic carbocycles. The van der Waals surface area contributed by atoms with Crippen LogP contribution in [0.25, 0.3) is 22.0 Å². The Morgan fingerprint density at radius 3 is 2.31 bits per heavy atom. The van der Waals surface area contributed by atoms with E-state index in [4.69, 9.17) is 5.73 Å². The minimum atomic E-state index is -4.77. The number of hydrogen-bond donors (Lipinski definition) is 1. The van der Waals surface area contributed by atoms with Crippen LogP contribution in [0.3, 0.4) is 0 Å². The summed E-state index contributed by atoms with van der Waals surface area (Å²) in [6.07, 6.45) is -8.27. The first-order valence-corrected chi connectivity index (χ1v) is 7.19. The Kier molecular flexibility index (Phi) is 4.21. The molecule has 2 aromatic heterocycles. The molecule has 0 fully saturated rings. The molecule has 0 aliphatic heterocycles. The van der Waals surface area contributed by atoms with Gasteiger partial charge in [0.25, 0.3) is 0 Å². The highest BCUT2D eigenvalue weighted by Gasteiger charge is 2.34. The summed E-state index contributed by atoms with van der Waals surface area (Å²) in [5.41, 5.74) is 3.87. The van der Waals surface area contributed by atoms with Crippen molar-refractivity contribution >= 4 is 16.6 Å². The number of hydrogen-bond acceptors (Lipinski definition) is 4. The zero-order valence-electron chi connectivity index (χ0n) is 12.9. The van der Waals surface area contributed by atoms with E-state index in [0.29, 0.717) is 22.9 Å². The van der Waals surface area contributed by atoms with Crippen molar-refractivity contribution in [2.75, 3.05) is 5.73 Å². The first kappa shape index (κ1) is 17.9. The van der Waals surface area contributed by atoms with Gasteiger partial charge in [0, 0.05) is 28.7 Å². The standard InChI is InChI=1S/C16H10F6N4/c17-15(18,19)6-8-5-9(16(20,21)22)1-2-10(8)13-11-3-4-24-7-12(11)14(23)26-25-13/h1-5,7H,6H2,(H2,23,26). The molecule has 10 heteroatoms. The molecular formula is C16H10F6N4. The van der Waals surface area contributed by atoms with Crippen LogP contribution >= 0.6 is 0 Å². The zero-order valence-corrected chi connectivity index (χ0v) is 12.9. The highest BCUT2D eigenvalue weighted by Crippen LogP contribution is 2.37. The molecule has 0 saturated carbocycles. The van der Waals surface area contributed by atoms with Gasteiger partial charge in [0.2, 0.25) is 0 Å². The fourth-order valence-electron chi connectivity index (χ4n) is 2.58. The van der Waals surface area contributed by atoms with Gasteiger partial charge in [0.05, 0.1) is 12.0 Å². The van der Waals surface area contributed by atoms with Gasteiger partial charge >= 0.3 is 12.4 Å². The summed E-state index contributed by atoms with van der Waals surface area (Å²) < 4.78 is 77.4. The maximum atomic E-state index is 12.9. The maximum absolute atomic E-state index is 12.9. The molecule has 0 saturated heterocycles. The third-order valence-electron chi connectivity index (χ3n) is 3.69. The number of anilines is 1. The van der Waals surface area contributed by atoms with E-state index in [2.05, 4.69) is 15.2 Å². The van der Waals surface area contributed by atoms with E-state index in [1.54, 1.807) is 0 Å². The molecule has 26 heavy (non-hydrogen) atoms. The average molecular weight is 372 g/mol. The summed E-state index contributed by atoms with van der Waals surface area (Å²) in [5.74, 6) is 0.0149. The highest BCUT2D eigenvalue weighted by atomic mass is 19.4. The number of benzene rings is 1. The van der Waals surface area contributed by atoms with E-state index < -0.39 is 29.9 Å². The van der Waals surface area contributed by atoms with E-state index in [1.807, 2.05) is 0 Å². The number of nitrogen functional groups attached to an aromatic ring is 1. The van der Waals surface area contributed by atoms with Gasteiger partial charge in [0.1, 0.15) is 5.69 Å². The van der Waals surface area contributed by atoms with E-state index in [1.165, 1.54) is 18.5 Å². The Morgan fingerprint density at radius 2 is 1.65 bits per heavy atom. The minimum absolute atomic E-state index is 0.00424. The Hall–Kier alpha value is -2.91. The lowest BCUT2D eigenvalue weighted by molar-refractivity contribution is -0.138. The first-order valence-electron chi connectivity index (χ1n) is 7.19. The van der Waals surface area contributed by atoms with Crippen molar-refractivity contribution in [2.45, 2.75) is 18.8 Å². The zero-order chi connectivity index (χ0) is 19.1. The van der Waals surface area contributed by atoms with E-state index in [9.17, 15) is 26.3 Å². The van der Waals surface area contributed by atoms with E-state index in [-0.39, 0.29) is 17.1 Å². The second-order valence-corrected chi connectivity index (χ2v) is 5.52. The van der Waals surface area contributed by atoms with Crippen LogP contribution < -0.4 is 5.73 Å². The number of aromatic nitrogens is 3. The van der Waals surface area contributed by atoms with Crippen molar-refractivity contribution in [1.82, 2.24) is 15.2 Å². The molecule has 0 bridgehead atoms. The molecule has 3 aromatic rings. The molecule has 1 aromatic carbocycles. The quantitative estimate of drug-likeness (QED) is 0.678. The summed E-state index contributed by atoms with van der Waals surface area (Å²) >= 11 is 0. The van der Waals surface area contributed by atoms with Gasteiger partial charge in [-0.1, -0.05) is 6.07 Å². The number of nitrogens with zero attached hydrogens (tertiary/aromatic N) is 3. The predicted molar refractivity (Wildman–Crippen MR) is 81.9 cm³/mol. The summed E-state index contributed by atoms with van der Waals surface area (Å²) in [4.78, 5) is 3.86. The Balaban J connectivity index is 2.26. The smallest absolute Gasteiger partial charge is 0.382 e. The minimum Gasteiger partial charge on any atom is -0.382 e. The molecule has 0 aliphatic rings. The third-order valence-corrected chi connectivity index (χ3v) is 3.69. The van der Waals surface area contributed by atoms with Gasteiger partial charge in [-0.3, -0.25) is 4.98 Å². The van der Waals surface area contributed by atoms with Crippen molar-refractivity contribution in [3.8, 4) is 11.3 Å². The summed E-state index contributed by atoms with van der Waals surface area (Å²) in [5, 5.41) is 8.17. The maximum Gasteiger partial charge on any atom is 0.416 e. The van der Waals surface area contributed by atoms with Crippen LogP contribution in [0.2, 0.25) is 0 Å². The molecule has 3 rings (SSSR count). The van der Waals surface area contributed by atoms with Crippen molar-refractivity contribution in [3.05, 3.63) is 47.8 Å². The fourth-order valence-corrected chi connectivity index (χ4v) is 2.58. The fraction of sp³-hybridized carbons (Fsp3) is 0.188. The van der Waals surface area contributed by atoms with Gasteiger partial charge in [-0.2, -0.15) is 26.3 Å². The second-order valence-electron chi connectivity index (χ2n) is 5.52. The Bertz CT molecular complexity index is 965. The van der Waals surface area contributed by atoms with Crippen LogP contribution in [0.1, 0.15) is 11.1 Å². The van der Waals surface area contributed by atoms with Gasteiger partial charge in [-0.25, -0.2) is 0 Å². The Labute approximate surface area is 142 Å². The normalized spacial score (nSPS) is 12.5. The third kappa shape index (κ3) is 3.53. The SMILES string of the molecule is Nc1nnc(-c2ccc(C(F)(F)F)cc2CC(F)(F)F)c2ccncc12. The van der Waals surface area contributed by atoms with Crippen LogP contribution in [-0.4, -0.2) is 21.4 Å². The van der Waals surface area contributed by atoms with Crippen LogP contribution in [0, 0.1) is 0 Å². The van der Waals surface area contributed by atoms with Crippen molar-refractivity contribution in [3.63, 3.8) is 0 Å². The van der Waals surface area contributed by atoms with Crippen molar-refractivity contribution in [2.24, 2.45) is 0 Å². The molecule has 0 radical (unpaired) electrons. The van der Waals surface area contributed by atoms with Gasteiger partial charge < -0.3 is 5.73 Å². The number of halogens is 6. The molecular weight excluding hydrogens is 362 g/mol. The first-order chi connectivity index (χ1) is 12.1. The van der Waals surface area contributed by atoms with E-state index in [0.717, 1.165) is 6.07 Å². The summed E-state index contributed by atoms with van der Waals surface area (Å²) in [7, 11) is 0. The number of rotatable bonds is 2. The van der Waals surface area contributed by atoms with Gasteiger partial charge in [-0.05, 0) is 23.8 Å². The lowest BCUT2D eigenvalue weighted by atomic mass is 9.96. The molecule has 0 atom stereocenters.